The number of imidazole rings is 1. The van der Waals surface area contributed by atoms with E-state index in [1.165, 1.54) is 9.30 Å². The van der Waals surface area contributed by atoms with Gasteiger partial charge in [0.2, 0.25) is 5.95 Å². The lowest BCUT2D eigenvalue weighted by atomic mass is 10.1. The van der Waals surface area contributed by atoms with E-state index in [0.29, 0.717) is 12.2 Å². The quantitative estimate of drug-likeness (QED) is 0.568. The molecule has 0 radical (unpaired) electrons. The van der Waals surface area contributed by atoms with Crippen molar-refractivity contribution < 1.29 is 9.18 Å². The van der Waals surface area contributed by atoms with Crippen LogP contribution in [-0.2, 0) is 6.54 Å². The van der Waals surface area contributed by atoms with E-state index in [-0.39, 0.29) is 5.69 Å². The summed E-state index contributed by atoms with van der Waals surface area (Å²) in [5.41, 5.74) is 2.95. The molecular formula is C20H17FN4O. The van der Waals surface area contributed by atoms with Crippen LogP contribution in [0.4, 0.5) is 4.39 Å². The van der Waals surface area contributed by atoms with E-state index in [4.69, 9.17) is 0 Å². The molecule has 0 aliphatic heterocycles. The molecule has 0 spiro atoms. The Balaban J connectivity index is 1.67. The smallest absolute Gasteiger partial charge is 0.277 e. The fraction of sp³-hybridized carbons (Fsp3) is 0.150. The van der Waals surface area contributed by atoms with Gasteiger partial charge in [-0.05, 0) is 36.2 Å². The largest absolute Gasteiger partial charge is 0.336 e. The number of benzene rings is 1. The molecule has 0 bridgehead atoms. The van der Waals surface area contributed by atoms with Gasteiger partial charge < -0.3 is 4.90 Å². The first-order valence-corrected chi connectivity index (χ1v) is 8.27. The molecule has 1 amide bonds. The zero-order valence-electron chi connectivity index (χ0n) is 14.5. The van der Waals surface area contributed by atoms with Crippen LogP contribution < -0.4 is 0 Å². The number of hydrogen-bond acceptors (Lipinski definition) is 3. The molecule has 3 aromatic heterocycles. The number of carbonyl (C=O) groups is 1. The van der Waals surface area contributed by atoms with E-state index in [1.54, 1.807) is 25.5 Å². The van der Waals surface area contributed by atoms with Crippen LogP contribution in [0.1, 0.15) is 21.6 Å². The van der Waals surface area contributed by atoms with Gasteiger partial charge in [-0.2, -0.15) is 4.39 Å². The molecule has 0 N–H and O–H groups in total. The normalized spacial score (nSPS) is 11.2. The highest BCUT2D eigenvalue weighted by Gasteiger charge is 2.22. The van der Waals surface area contributed by atoms with Crippen molar-refractivity contribution in [3.63, 3.8) is 0 Å². The van der Waals surface area contributed by atoms with Crippen molar-refractivity contribution in [2.24, 2.45) is 0 Å². The average molecular weight is 348 g/mol. The molecule has 4 aromatic rings. The fourth-order valence-corrected chi connectivity index (χ4v) is 3.07. The molecule has 130 valence electrons. The summed E-state index contributed by atoms with van der Waals surface area (Å²) in [5, 5.41) is 0.973. The molecule has 0 atom stereocenters. The molecule has 0 saturated carbocycles. The van der Waals surface area contributed by atoms with E-state index in [0.717, 1.165) is 22.0 Å². The zero-order chi connectivity index (χ0) is 18.3. The SMILES string of the molecule is Cc1ccc2nc(C(=O)N(C)Cc3cccc4ncccc34)c(F)n2c1. The van der Waals surface area contributed by atoms with Crippen molar-refractivity contribution >= 4 is 22.5 Å². The number of aromatic nitrogens is 3. The first kappa shape index (κ1) is 16.2. The zero-order valence-corrected chi connectivity index (χ0v) is 14.5. The van der Waals surface area contributed by atoms with Crippen LogP contribution >= 0.6 is 0 Å². The van der Waals surface area contributed by atoms with Gasteiger partial charge in [0.1, 0.15) is 5.65 Å². The second-order valence-electron chi connectivity index (χ2n) is 6.33. The standard InChI is InChI=1S/C20H17FN4O/c1-13-8-9-17-23-18(19(21)25(17)11-13)20(26)24(2)12-14-5-3-7-16-15(14)6-4-10-22-16/h3-11H,12H2,1-2H3. The van der Waals surface area contributed by atoms with Crippen LogP contribution in [0.3, 0.4) is 0 Å². The molecular weight excluding hydrogens is 331 g/mol. The number of hydrogen-bond donors (Lipinski definition) is 0. The predicted molar refractivity (Wildman–Crippen MR) is 97.4 cm³/mol. The van der Waals surface area contributed by atoms with Crippen molar-refractivity contribution in [1.29, 1.82) is 0 Å². The van der Waals surface area contributed by atoms with Crippen molar-refractivity contribution in [2.75, 3.05) is 7.05 Å². The van der Waals surface area contributed by atoms with Crippen molar-refractivity contribution in [2.45, 2.75) is 13.5 Å². The van der Waals surface area contributed by atoms with Gasteiger partial charge in [-0.3, -0.25) is 14.2 Å². The van der Waals surface area contributed by atoms with E-state index in [2.05, 4.69) is 9.97 Å². The van der Waals surface area contributed by atoms with Crippen molar-refractivity contribution in [1.82, 2.24) is 19.3 Å². The van der Waals surface area contributed by atoms with Gasteiger partial charge >= 0.3 is 0 Å². The monoisotopic (exact) mass is 348 g/mol. The predicted octanol–water partition coefficient (Wildman–Crippen LogP) is 3.60. The van der Waals surface area contributed by atoms with Crippen LogP contribution in [0, 0.1) is 12.9 Å². The molecule has 6 heteroatoms. The van der Waals surface area contributed by atoms with Gasteiger partial charge in [0, 0.05) is 31.4 Å². The summed E-state index contributed by atoms with van der Waals surface area (Å²) in [7, 11) is 1.65. The third-order valence-corrected chi connectivity index (χ3v) is 4.40. The maximum atomic E-state index is 14.7. The maximum absolute atomic E-state index is 14.7. The Hall–Kier alpha value is -3.28. The number of nitrogens with zero attached hydrogens (tertiary/aromatic N) is 4. The summed E-state index contributed by atoms with van der Waals surface area (Å²) < 4.78 is 16.0. The number of rotatable bonds is 3. The van der Waals surface area contributed by atoms with Gasteiger partial charge in [0.25, 0.3) is 5.91 Å². The van der Waals surface area contributed by atoms with Gasteiger partial charge in [-0.25, -0.2) is 4.98 Å². The third kappa shape index (κ3) is 2.69. The minimum absolute atomic E-state index is 0.170. The fourth-order valence-electron chi connectivity index (χ4n) is 3.07. The maximum Gasteiger partial charge on any atom is 0.277 e. The highest BCUT2D eigenvalue weighted by Crippen LogP contribution is 2.20. The number of fused-ring (bicyclic) bond motifs is 2. The van der Waals surface area contributed by atoms with E-state index < -0.39 is 11.9 Å². The van der Waals surface area contributed by atoms with Gasteiger partial charge in [-0.15, -0.1) is 0 Å². The minimum Gasteiger partial charge on any atom is -0.336 e. The lowest BCUT2D eigenvalue weighted by molar-refractivity contribution is 0.0775. The number of carbonyl (C=O) groups excluding carboxylic acids is 1. The average Bonchev–Trinajstić information content (AvgIpc) is 2.97. The van der Waals surface area contributed by atoms with E-state index in [1.807, 2.05) is 43.3 Å². The lowest BCUT2D eigenvalue weighted by Gasteiger charge is -2.17. The van der Waals surface area contributed by atoms with Crippen LogP contribution in [0.25, 0.3) is 16.6 Å². The molecule has 0 fully saturated rings. The minimum atomic E-state index is -0.639. The second kappa shape index (κ2) is 6.22. The third-order valence-electron chi connectivity index (χ3n) is 4.40. The molecule has 5 nitrogen and oxygen atoms in total. The highest BCUT2D eigenvalue weighted by molar-refractivity contribution is 5.93. The highest BCUT2D eigenvalue weighted by atomic mass is 19.1. The Bertz CT molecular complexity index is 1130. The van der Waals surface area contributed by atoms with Gasteiger partial charge in [-0.1, -0.05) is 24.3 Å². The first-order valence-electron chi connectivity index (χ1n) is 8.27. The molecule has 0 aliphatic rings. The Morgan fingerprint density at radius 3 is 2.88 bits per heavy atom. The number of halogens is 1. The Kier molecular flexibility index (Phi) is 3.88. The summed E-state index contributed by atoms with van der Waals surface area (Å²) in [6.45, 7) is 2.20. The molecule has 0 unspecified atom stereocenters. The van der Waals surface area contributed by atoms with Crippen LogP contribution in [0.5, 0.6) is 0 Å². The van der Waals surface area contributed by atoms with E-state index >= 15 is 0 Å². The summed E-state index contributed by atoms with van der Waals surface area (Å²) in [5.74, 6) is -1.09. The first-order chi connectivity index (χ1) is 12.5. The summed E-state index contributed by atoms with van der Waals surface area (Å²) in [6.07, 6.45) is 3.36. The Morgan fingerprint density at radius 2 is 2.04 bits per heavy atom. The van der Waals surface area contributed by atoms with Crippen LogP contribution in [0.15, 0.2) is 54.9 Å². The Morgan fingerprint density at radius 1 is 1.19 bits per heavy atom. The molecule has 3 heterocycles. The van der Waals surface area contributed by atoms with Crippen molar-refractivity contribution in [3.05, 3.63) is 77.6 Å². The molecule has 1 aromatic carbocycles. The molecule has 0 saturated heterocycles. The van der Waals surface area contributed by atoms with E-state index in [9.17, 15) is 9.18 Å². The second-order valence-corrected chi connectivity index (χ2v) is 6.33. The molecule has 0 aliphatic carbocycles. The summed E-state index contributed by atoms with van der Waals surface area (Å²) in [6, 6.07) is 13.1. The van der Waals surface area contributed by atoms with Gasteiger partial charge in [0.05, 0.1) is 5.52 Å². The van der Waals surface area contributed by atoms with Crippen molar-refractivity contribution in [3.8, 4) is 0 Å². The number of amides is 1. The number of pyridine rings is 2. The summed E-state index contributed by atoms with van der Waals surface area (Å²) in [4.78, 5) is 22.7. The van der Waals surface area contributed by atoms with Gasteiger partial charge in [0.15, 0.2) is 5.69 Å². The molecule has 4 rings (SSSR count). The number of aryl methyl sites for hydroxylation is 1. The summed E-state index contributed by atoms with van der Waals surface area (Å²) >= 11 is 0. The topological polar surface area (TPSA) is 50.5 Å². The lowest BCUT2D eigenvalue weighted by Crippen LogP contribution is -2.27. The molecule has 26 heavy (non-hydrogen) atoms. The Labute approximate surface area is 149 Å². The van der Waals surface area contributed by atoms with Crippen LogP contribution in [-0.4, -0.2) is 32.2 Å². The van der Waals surface area contributed by atoms with Crippen LogP contribution in [0.2, 0.25) is 0 Å².